The second kappa shape index (κ2) is 14.8. The Morgan fingerprint density at radius 3 is 1.83 bits per heavy atom. The smallest absolute Gasteiger partial charge is 0.430 e. The molecule has 0 aromatic heterocycles. The Bertz CT molecular complexity index is 1520. The molecular formula is C34H34F6N2O6. The van der Waals surface area contributed by atoms with Crippen molar-refractivity contribution in [3.63, 3.8) is 0 Å². The average molecular weight is 681 g/mol. The van der Waals surface area contributed by atoms with Gasteiger partial charge in [0.2, 0.25) is 5.60 Å². The van der Waals surface area contributed by atoms with Crippen molar-refractivity contribution < 1.29 is 60.2 Å². The van der Waals surface area contributed by atoms with Gasteiger partial charge in [0, 0.05) is 31.7 Å². The van der Waals surface area contributed by atoms with Crippen molar-refractivity contribution in [2.24, 2.45) is 5.92 Å². The predicted molar refractivity (Wildman–Crippen MR) is 158 cm³/mol. The maximum atomic E-state index is 13.7. The molecule has 3 aromatic carbocycles. The molecular weight excluding hydrogens is 646 g/mol. The van der Waals surface area contributed by atoms with Crippen LogP contribution in [0, 0.1) is 5.92 Å². The fourth-order valence-electron chi connectivity index (χ4n) is 6.29. The lowest BCUT2D eigenvalue weighted by atomic mass is 9.82. The number of carboxylic acids is 1. The molecule has 0 aliphatic carbocycles. The van der Waals surface area contributed by atoms with Crippen molar-refractivity contribution in [1.29, 1.82) is 0 Å². The number of amides is 1. The van der Waals surface area contributed by atoms with E-state index >= 15 is 0 Å². The van der Waals surface area contributed by atoms with Gasteiger partial charge in [0.25, 0.3) is 5.91 Å². The third-order valence-corrected chi connectivity index (χ3v) is 8.78. The number of benzene rings is 3. The highest BCUT2D eigenvalue weighted by molar-refractivity contribution is 5.95. The number of hydrogen-bond acceptors (Lipinski definition) is 6. The average Bonchev–Trinajstić information content (AvgIpc) is 3.07. The number of esters is 1. The Balaban J connectivity index is 0.000000671. The Kier molecular flexibility index (Phi) is 11.2. The summed E-state index contributed by atoms with van der Waals surface area (Å²) in [6, 6.07) is 22.3. The molecule has 48 heavy (non-hydrogen) atoms. The van der Waals surface area contributed by atoms with E-state index in [-0.39, 0.29) is 24.1 Å². The van der Waals surface area contributed by atoms with Crippen LogP contribution in [0.2, 0.25) is 0 Å². The standard InChI is InChI=1S/C32H33F3N2O4.C2HF3O2/c33-32(34,35)27-15-8-7-14-26(27)29(38)36-18-9-19-37-20-16-23(17-21-37)28(22-37)41-30(39)31(40,24-10-3-1-4-11-24)25-12-5-2-6-13-25;3-2(4,5)1(6)7/h1-8,10-15,23,28,40H,9,16-22H2;(H,6,7)/t23?,28-,37?;/m0./s1. The molecule has 2 bridgehead atoms. The first-order valence-corrected chi connectivity index (χ1v) is 15.2. The van der Waals surface area contributed by atoms with E-state index in [1.807, 2.05) is 12.1 Å². The highest BCUT2D eigenvalue weighted by atomic mass is 19.4. The number of nitrogens with one attached hydrogen (secondary N) is 1. The summed E-state index contributed by atoms with van der Waals surface area (Å²) in [5.41, 5.74) is -2.42. The molecule has 0 unspecified atom stereocenters. The van der Waals surface area contributed by atoms with Crippen LogP contribution in [-0.4, -0.2) is 72.4 Å². The number of carbonyl (C=O) groups is 3. The molecule has 14 heteroatoms. The molecule has 3 aromatic rings. The zero-order valence-electron chi connectivity index (χ0n) is 25.6. The number of carbonyl (C=O) groups excluding carboxylic acids is 3. The molecule has 3 heterocycles. The first-order chi connectivity index (χ1) is 22.6. The number of piperidine rings is 3. The summed E-state index contributed by atoms with van der Waals surface area (Å²) in [4.78, 5) is 35.0. The number of aliphatic hydroxyl groups is 1. The highest BCUT2D eigenvalue weighted by Crippen LogP contribution is 2.38. The van der Waals surface area contributed by atoms with E-state index in [1.165, 1.54) is 18.2 Å². The Morgan fingerprint density at radius 1 is 0.833 bits per heavy atom. The summed E-state index contributed by atoms with van der Waals surface area (Å²) in [7, 11) is 0. The van der Waals surface area contributed by atoms with E-state index in [9.17, 15) is 41.0 Å². The van der Waals surface area contributed by atoms with Crippen LogP contribution in [0.25, 0.3) is 0 Å². The van der Waals surface area contributed by atoms with E-state index in [4.69, 9.17) is 14.6 Å². The van der Waals surface area contributed by atoms with Crippen LogP contribution in [0.1, 0.15) is 46.3 Å². The molecule has 0 spiro atoms. The lowest BCUT2D eigenvalue weighted by molar-refractivity contribution is -0.946. The predicted octanol–water partition coefficient (Wildman–Crippen LogP) is 4.21. The largest absolute Gasteiger partial charge is 0.542 e. The lowest BCUT2D eigenvalue weighted by Gasteiger charge is -2.52. The van der Waals surface area contributed by atoms with Crippen molar-refractivity contribution in [1.82, 2.24) is 5.32 Å². The van der Waals surface area contributed by atoms with Crippen molar-refractivity contribution in [3.05, 3.63) is 107 Å². The minimum Gasteiger partial charge on any atom is -0.542 e. The SMILES string of the molecule is O=C(NCCC[N+]12CCC(CC1)[C@@H](OC(=O)C(O)(c1ccccc1)c1ccccc1)C2)c1ccccc1C(F)(F)F.O=C([O-])C(F)(F)F. The summed E-state index contributed by atoms with van der Waals surface area (Å²) in [5, 5.41) is 23.2. The summed E-state index contributed by atoms with van der Waals surface area (Å²) >= 11 is 0. The molecule has 6 rings (SSSR count). The minimum atomic E-state index is -5.19. The van der Waals surface area contributed by atoms with E-state index in [2.05, 4.69) is 5.32 Å². The monoisotopic (exact) mass is 680 g/mol. The van der Waals surface area contributed by atoms with Crippen molar-refractivity contribution in [2.75, 3.05) is 32.7 Å². The summed E-state index contributed by atoms with van der Waals surface area (Å²) in [6.07, 6.45) is -7.85. The van der Waals surface area contributed by atoms with Crippen LogP contribution in [0.3, 0.4) is 0 Å². The fraction of sp³-hybridized carbons (Fsp3) is 0.382. The summed E-state index contributed by atoms with van der Waals surface area (Å²) in [6.45, 7) is 3.35. The zero-order valence-corrected chi connectivity index (χ0v) is 25.6. The second-order valence-electron chi connectivity index (χ2n) is 11.9. The van der Waals surface area contributed by atoms with Crippen LogP contribution in [0.15, 0.2) is 84.9 Å². The van der Waals surface area contributed by atoms with E-state index < -0.39 is 41.4 Å². The topological polar surface area (TPSA) is 116 Å². The van der Waals surface area contributed by atoms with Gasteiger partial charge in [0.1, 0.15) is 12.5 Å². The minimum absolute atomic E-state index is 0.202. The molecule has 3 fully saturated rings. The third kappa shape index (κ3) is 8.53. The van der Waals surface area contributed by atoms with E-state index in [0.717, 1.165) is 32.0 Å². The molecule has 1 atom stereocenters. The number of alkyl halides is 6. The van der Waals surface area contributed by atoms with E-state index in [1.54, 1.807) is 48.5 Å². The summed E-state index contributed by atoms with van der Waals surface area (Å²) < 4.78 is 78.2. The van der Waals surface area contributed by atoms with Crippen LogP contribution in [0.5, 0.6) is 0 Å². The van der Waals surface area contributed by atoms with Gasteiger partial charge in [-0.15, -0.1) is 0 Å². The van der Waals surface area contributed by atoms with E-state index in [0.29, 0.717) is 35.1 Å². The molecule has 258 valence electrons. The molecule has 1 amide bonds. The van der Waals surface area contributed by atoms with Gasteiger partial charge in [-0.3, -0.25) is 4.79 Å². The third-order valence-electron chi connectivity index (χ3n) is 8.78. The Hall–Kier alpha value is -4.43. The van der Waals surface area contributed by atoms with Gasteiger partial charge in [-0.2, -0.15) is 26.3 Å². The lowest BCUT2D eigenvalue weighted by Crippen LogP contribution is -2.65. The number of halogens is 6. The quantitative estimate of drug-likeness (QED) is 0.152. The normalized spacial score (nSPS) is 20.6. The fourth-order valence-corrected chi connectivity index (χ4v) is 6.29. The van der Waals surface area contributed by atoms with Gasteiger partial charge in [-0.05, 0) is 23.3 Å². The number of aliphatic carboxylic acids is 1. The van der Waals surface area contributed by atoms with Crippen LogP contribution in [0.4, 0.5) is 26.3 Å². The van der Waals surface area contributed by atoms with Crippen molar-refractivity contribution in [3.8, 4) is 0 Å². The molecule has 0 radical (unpaired) electrons. The van der Waals surface area contributed by atoms with Crippen LogP contribution < -0.4 is 10.4 Å². The van der Waals surface area contributed by atoms with Crippen LogP contribution >= 0.6 is 0 Å². The molecule has 2 N–H and O–H groups in total. The van der Waals surface area contributed by atoms with Gasteiger partial charge in [0.15, 0.2) is 6.10 Å². The number of rotatable bonds is 9. The van der Waals surface area contributed by atoms with Crippen LogP contribution in [-0.2, 0) is 26.1 Å². The number of quaternary nitrogens is 1. The number of ether oxygens (including phenoxy) is 1. The molecule has 3 aliphatic rings. The number of fused-ring (bicyclic) bond motifs is 3. The Labute approximate surface area is 272 Å². The molecule has 3 aliphatic heterocycles. The van der Waals surface area contributed by atoms with Gasteiger partial charge < -0.3 is 29.5 Å². The summed E-state index contributed by atoms with van der Waals surface area (Å²) in [5.74, 6) is -4.26. The van der Waals surface area contributed by atoms with Gasteiger partial charge in [-0.25, -0.2) is 4.79 Å². The molecule has 0 saturated carbocycles. The number of nitrogens with zero attached hydrogens (tertiary/aromatic N) is 1. The molecule has 3 saturated heterocycles. The van der Waals surface area contributed by atoms with Crippen molar-refractivity contribution >= 4 is 17.8 Å². The Morgan fingerprint density at radius 2 is 1.33 bits per heavy atom. The molecule has 8 nitrogen and oxygen atoms in total. The number of hydrogen-bond donors (Lipinski definition) is 2. The van der Waals surface area contributed by atoms with Crippen molar-refractivity contribution in [2.45, 2.75) is 43.3 Å². The number of carboxylic acid groups (broad SMARTS) is 1. The zero-order chi connectivity index (χ0) is 35.2. The second-order valence-corrected chi connectivity index (χ2v) is 11.9. The maximum Gasteiger partial charge on any atom is 0.430 e. The first-order valence-electron chi connectivity index (χ1n) is 15.2. The van der Waals surface area contributed by atoms with Gasteiger partial charge in [0.05, 0.1) is 30.8 Å². The highest BCUT2D eigenvalue weighted by Gasteiger charge is 2.50. The maximum absolute atomic E-state index is 13.7. The first kappa shape index (κ1) is 36.4. The van der Waals surface area contributed by atoms with Gasteiger partial charge in [-0.1, -0.05) is 72.8 Å². The van der Waals surface area contributed by atoms with Gasteiger partial charge >= 0.3 is 18.3 Å².